The van der Waals surface area contributed by atoms with Gasteiger partial charge < -0.3 is 10.2 Å². The van der Waals surface area contributed by atoms with Crippen molar-refractivity contribution in [3.8, 4) is 0 Å². The Morgan fingerprint density at radius 3 is 2.32 bits per heavy atom. The van der Waals surface area contributed by atoms with E-state index in [2.05, 4.69) is 5.32 Å². The fourth-order valence-electron chi connectivity index (χ4n) is 2.46. The Labute approximate surface area is 147 Å². The van der Waals surface area contributed by atoms with E-state index in [9.17, 15) is 18.5 Å². The first-order valence-electron chi connectivity index (χ1n) is 7.62. The second kappa shape index (κ2) is 7.62. The lowest BCUT2D eigenvalue weighted by molar-refractivity contribution is -0.384. The molecule has 25 heavy (non-hydrogen) atoms. The fourth-order valence-corrected chi connectivity index (χ4v) is 3.10. The molecule has 0 saturated heterocycles. The zero-order chi connectivity index (χ0) is 18.6. The Hall–Kier alpha value is -2.45. The summed E-state index contributed by atoms with van der Waals surface area (Å²) in [4.78, 5) is 12.7. The Bertz CT molecular complexity index is 879. The number of nitro groups is 1. The van der Waals surface area contributed by atoms with Gasteiger partial charge >= 0.3 is 0 Å². The summed E-state index contributed by atoms with van der Waals surface area (Å²) in [5, 5.41) is 14.3. The molecule has 0 aliphatic heterocycles. The predicted molar refractivity (Wildman–Crippen MR) is 97.4 cm³/mol. The van der Waals surface area contributed by atoms with E-state index in [4.69, 9.17) is 0 Å². The zero-order valence-corrected chi connectivity index (χ0v) is 15.2. The third-order valence-electron chi connectivity index (χ3n) is 3.67. The van der Waals surface area contributed by atoms with Crippen LogP contribution in [-0.4, -0.2) is 38.6 Å². The lowest BCUT2D eigenvalue weighted by Crippen LogP contribution is -2.13. The minimum atomic E-state index is -3.50. The molecule has 0 saturated carbocycles. The van der Waals surface area contributed by atoms with Gasteiger partial charge in [-0.25, -0.2) is 8.42 Å². The molecule has 0 atom stereocenters. The van der Waals surface area contributed by atoms with Crippen molar-refractivity contribution in [1.82, 2.24) is 4.90 Å². The largest absolute Gasteiger partial charge is 0.375 e. The first-order valence-corrected chi connectivity index (χ1v) is 9.51. The lowest BCUT2D eigenvalue weighted by atomic mass is 10.1. The number of rotatable bonds is 7. The van der Waals surface area contributed by atoms with Gasteiger partial charge in [0, 0.05) is 25.4 Å². The van der Waals surface area contributed by atoms with Gasteiger partial charge in [0.15, 0.2) is 9.84 Å². The number of nitrogens with zero attached hydrogens (tertiary/aromatic N) is 2. The molecule has 0 aliphatic rings. The van der Waals surface area contributed by atoms with Crippen molar-refractivity contribution in [2.75, 3.05) is 25.7 Å². The van der Waals surface area contributed by atoms with Crippen molar-refractivity contribution < 1.29 is 13.3 Å². The Morgan fingerprint density at radius 2 is 1.76 bits per heavy atom. The van der Waals surface area contributed by atoms with Gasteiger partial charge in [-0.15, -0.1) is 0 Å². The van der Waals surface area contributed by atoms with Crippen LogP contribution in [0.5, 0.6) is 0 Å². The summed E-state index contributed by atoms with van der Waals surface area (Å²) in [5.41, 5.74) is 2.18. The molecule has 0 aromatic heterocycles. The third-order valence-corrected chi connectivity index (χ3v) is 4.78. The van der Waals surface area contributed by atoms with Crippen molar-refractivity contribution >= 4 is 21.2 Å². The number of hydrogen-bond acceptors (Lipinski definition) is 6. The van der Waals surface area contributed by atoms with Crippen LogP contribution in [-0.2, 0) is 22.9 Å². The summed E-state index contributed by atoms with van der Waals surface area (Å²) in [6.07, 6.45) is 1.02. The summed E-state index contributed by atoms with van der Waals surface area (Å²) in [7, 11) is 0.442. The second-order valence-electron chi connectivity index (χ2n) is 6.07. The third kappa shape index (κ3) is 5.01. The van der Waals surface area contributed by atoms with Gasteiger partial charge in [0.05, 0.1) is 9.82 Å². The number of hydrogen-bond donors (Lipinski definition) is 1. The van der Waals surface area contributed by atoms with E-state index in [-0.39, 0.29) is 16.3 Å². The monoisotopic (exact) mass is 363 g/mol. The van der Waals surface area contributed by atoms with Crippen LogP contribution in [0.3, 0.4) is 0 Å². The molecule has 0 aliphatic carbocycles. The maximum absolute atomic E-state index is 11.6. The first kappa shape index (κ1) is 18.9. The molecule has 2 rings (SSSR count). The Morgan fingerprint density at radius 1 is 1.12 bits per heavy atom. The average Bonchev–Trinajstić information content (AvgIpc) is 2.52. The predicted octanol–water partition coefficient (Wildman–Crippen LogP) is 2.67. The van der Waals surface area contributed by atoms with Crippen molar-refractivity contribution in [3.63, 3.8) is 0 Å². The summed E-state index contributed by atoms with van der Waals surface area (Å²) in [6, 6.07) is 11.7. The van der Waals surface area contributed by atoms with Crippen LogP contribution in [0, 0.1) is 10.1 Å². The number of anilines is 1. The number of benzene rings is 2. The molecule has 0 bridgehead atoms. The van der Waals surface area contributed by atoms with E-state index in [1.165, 1.54) is 12.1 Å². The minimum absolute atomic E-state index is 0.0715. The Kier molecular flexibility index (Phi) is 5.76. The van der Waals surface area contributed by atoms with Gasteiger partial charge in [0.25, 0.3) is 5.69 Å². The van der Waals surface area contributed by atoms with E-state index in [0.29, 0.717) is 6.54 Å². The quantitative estimate of drug-likeness (QED) is 0.600. The van der Waals surface area contributed by atoms with Crippen LogP contribution in [0.4, 0.5) is 11.4 Å². The molecule has 8 heteroatoms. The number of nitro benzene ring substituents is 1. The normalized spacial score (nSPS) is 11.5. The highest BCUT2D eigenvalue weighted by Gasteiger charge is 2.18. The number of nitrogens with one attached hydrogen (secondary N) is 1. The molecule has 0 radical (unpaired) electrons. The molecular formula is C17H21N3O4S. The molecular weight excluding hydrogens is 342 g/mol. The molecule has 0 amide bonds. The molecule has 2 aromatic rings. The van der Waals surface area contributed by atoms with Gasteiger partial charge in [-0.3, -0.25) is 10.1 Å². The molecule has 2 aromatic carbocycles. The van der Waals surface area contributed by atoms with E-state index in [0.717, 1.165) is 30.0 Å². The highest BCUT2D eigenvalue weighted by Crippen LogP contribution is 2.28. The van der Waals surface area contributed by atoms with E-state index >= 15 is 0 Å². The number of sulfone groups is 1. The van der Waals surface area contributed by atoms with E-state index in [1.807, 2.05) is 43.3 Å². The van der Waals surface area contributed by atoms with Gasteiger partial charge in [-0.2, -0.15) is 0 Å². The van der Waals surface area contributed by atoms with E-state index < -0.39 is 14.8 Å². The highest BCUT2D eigenvalue weighted by atomic mass is 32.2. The van der Waals surface area contributed by atoms with Gasteiger partial charge in [-0.1, -0.05) is 24.3 Å². The molecule has 1 N–H and O–H groups in total. The standard InChI is InChI=1S/C17H21N3O4S/c1-19(2)12-14-7-5-4-6-13(14)11-18-16-9-8-15(25(3,23)24)10-17(16)20(21)22/h4-10,18H,11-12H2,1-3H3. The van der Waals surface area contributed by atoms with Crippen molar-refractivity contribution in [1.29, 1.82) is 0 Å². The van der Waals surface area contributed by atoms with Crippen LogP contribution in [0.1, 0.15) is 11.1 Å². The van der Waals surface area contributed by atoms with Crippen LogP contribution in [0.25, 0.3) is 0 Å². The smallest absolute Gasteiger partial charge is 0.293 e. The van der Waals surface area contributed by atoms with Gasteiger partial charge in [-0.05, 0) is 37.4 Å². The summed E-state index contributed by atoms with van der Waals surface area (Å²) in [6.45, 7) is 1.16. The average molecular weight is 363 g/mol. The van der Waals surface area contributed by atoms with Crippen molar-refractivity contribution in [3.05, 3.63) is 63.7 Å². The topological polar surface area (TPSA) is 92.6 Å². The van der Waals surface area contributed by atoms with Crippen LogP contribution in [0.15, 0.2) is 47.4 Å². The van der Waals surface area contributed by atoms with Gasteiger partial charge in [0.1, 0.15) is 5.69 Å². The highest BCUT2D eigenvalue weighted by molar-refractivity contribution is 7.90. The first-order chi connectivity index (χ1) is 11.7. The van der Waals surface area contributed by atoms with Crippen LogP contribution in [0.2, 0.25) is 0 Å². The zero-order valence-electron chi connectivity index (χ0n) is 14.4. The lowest BCUT2D eigenvalue weighted by Gasteiger charge is -2.15. The Balaban J connectivity index is 2.28. The fraction of sp³-hybridized carbons (Fsp3) is 0.294. The summed E-state index contributed by atoms with van der Waals surface area (Å²) in [5.74, 6) is 0. The molecule has 0 heterocycles. The molecule has 7 nitrogen and oxygen atoms in total. The van der Waals surface area contributed by atoms with Crippen molar-refractivity contribution in [2.45, 2.75) is 18.0 Å². The molecule has 0 fully saturated rings. The summed E-state index contributed by atoms with van der Waals surface area (Å²) < 4.78 is 23.2. The SMILES string of the molecule is CN(C)Cc1ccccc1CNc1ccc(S(C)(=O)=O)cc1[N+](=O)[O-]. The van der Waals surface area contributed by atoms with Gasteiger partial charge in [0.2, 0.25) is 0 Å². The molecule has 0 unspecified atom stereocenters. The minimum Gasteiger partial charge on any atom is -0.375 e. The van der Waals surface area contributed by atoms with Crippen LogP contribution < -0.4 is 5.32 Å². The van der Waals surface area contributed by atoms with Crippen molar-refractivity contribution in [2.24, 2.45) is 0 Å². The maximum atomic E-state index is 11.6. The second-order valence-corrected chi connectivity index (χ2v) is 8.08. The molecule has 0 spiro atoms. The summed E-state index contributed by atoms with van der Waals surface area (Å²) >= 11 is 0. The van der Waals surface area contributed by atoms with Crippen LogP contribution >= 0.6 is 0 Å². The maximum Gasteiger partial charge on any atom is 0.293 e. The van der Waals surface area contributed by atoms with E-state index in [1.54, 1.807) is 0 Å². The molecule has 134 valence electrons.